The third-order valence-electron chi connectivity index (χ3n) is 10.8. The number of carbonyl (C=O) groups excluding carboxylic acids is 4. The standard InChI is InChI=1S/C30H38O4/c1-18(9-12-25(32)19-7-5-4-6-8-19)22-10-11-23-28-24(17-27(34)30(22,23)3)29(2)14-13-21(31)15-20(29)16-26(28)33/h4-8,18,20,22-24,28H,9-17H2,1-3H3/t18-,20?,22-,23+,24+,28+,29+,30-/m1/s1. The van der Waals surface area contributed by atoms with Gasteiger partial charge in [-0.2, -0.15) is 0 Å². The molecule has 4 fully saturated rings. The van der Waals surface area contributed by atoms with Crippen molar-refractivity contribution in [1.82, 2.24) is 0 Å². The molecule has 182 valence electrons. The molecule has 0 radical (unpaired) electrons. The Hall–Kier alpha value is -2.10. The van der Waals surface area contributed by atoms with Gasteiger partial charge in [-0.3, -0.25) is 19.2 Å². The van der Waals surface area contributed by atoms with Gasteiger partial charge in [-0.05, 0) is 60.7 Å². The van der Waals surface area contributed by atoms with Crippen LogP contribution < -0.4 is 0 Å². The molecule has 4 nitrogen and oxygen atoms in total. The molecular weight excluding hydrogens is 424 g/mol. The molecular formula is C30H38O4. The third kappa shape index (κ3) is 3.55. The van der Waals surface area contributed by atoms with Crippen LogP contribution in [0.25, 0.3) is 0 Å². The molecule has 0 saturated heterocycles. The fourth-order valence-corrected chi connectivity index (χ4v) is 8.72. The Labute approximate surface area is 203 Å². The highest BCUT2D eigenvalue weighted by Crippen LogP contribution is 2.66. The van der Waals surface area contributed by atoms with E-state index in [4.69, 9.17) is 0 Å². The number of benzene rings is 1. The summed E-state index contributed by atoms with van der Waals surface area (Å²) in [6.45, 7) is 6.59. The van der Waals surface area contributed by atoms with E-state index in [1.807, 2.05) is 30.3 Å². The zero-order valence-electron chi connectivity index (χ0n) is 20.8. The lowest BCUT2D eigenvalue weighted by molar-refractivity contribution is -0.166. The van der Waals surface area contributed by atoms with Crippen molar-refractivity contribution in [3.8, 4) is 0 Å². The maximum atomic E-state index is 13.9. The molecule has 4 aliphatic carbocycles. The molecule has 1 aromatic carbocycles. The normalized spacial score (nSPS) is 40.3. The maximum absolute atomic E-state index is 13.9. The van der Waals surface area contributed by atoms with Gasteiger partial charge in [0.25, 0.3) is 0 Å². The van der Waals surface area contributed by atoms with E-state index in [1.54, 1.807) is 0 Å². The molecule has 4 heteroatoms. The SMILES string of the molecule is C[C@H](CCC(=O)c1ccccc1)[C@H]1CC[C@H]2[C@@H]3C(=O)CC4CC(=O)CC[C@]4(C)[C@H]3CC(=O)[C@]12C. The predicted octanol–water partition coefficient (Wildman–Crippen LogP) is 5.87. The molecule has 0 amide bonds. The molecule has 1 aromatic rings. The lowest BCUT2D eigenvalue weighted by Crippen LogP contribution is -2.60. The Morgan fingerprint density at radius 2 is 1.74 bits per heavy atom. The second-order valence-electron chi connectivity index (χ2n) is 12.3. The average molecular weight is 463 g/mol. The summed E-state index contributed by atoms with van der Waals surface area (Å²) >= 11 is 0. The second-order valence-corrected chi connectivity index (χ2v) is 12.3. The molecule has 0 spiro atoms. The Balaban J connectivity index is 1.35. The fraction of sp³-hybridized carbons (Fsp3) is 0.667. The highest BCUT2D eigenvalue weighted by atomic mass is 16.1. The smallest absolute Gasteiger partial charge is 0.162 e. The van der Waals surface area contributed by atoms with E-state index in [9.17, 15) is 19.2 Å². The van der Waals surface area contributed by atoms with Gasteiger partial charge in [-0.1, -0.05) is 51.1 Å². The topological polar surface area (TPSA) is 68.3 Å². The number of hydrogen-bond acceptors (Lipinski definition) is 4. The molecule has 4 saturated carbocycles. The first kappa shape index (κ1) is 23.6. The van der Waals surface area contributed by atoms with Gasteiger partial charge in [0.05, 0.1) is 0 Å². The minimum atomic E-state index is -0.472. The minimum Gasteiger partial charge on any atom is -0.300 e. The fourth-order valence-electron chi connectivity index (χ4n) is 8.72. The number of hydrogen-bond donors (Lipinski definition) is 0. The van der Waals surface area contributed by atoms with Gasteiger partial charge in [0.2, 0.25) is 0 Å². The van der Waals surface area contributed by atoms with Crippen molar-refractivity contribution >= 4 is 23.1 Å². The first-order valence-corrected chi connectivity index (χ1v) is 13.3. The van der Waals surface area contributed by atoms with Gasteiger partial charge in [0.15, 0.2) is 5.78 Å². The molecule has 0 heterocycles. The average Bonchev–Trinajstić information content (AvgIpc) is 3.18. The van der Waals surface area contributed by atoms with Crippen molar-refractivity contribution in [1.29, 1.82) is 0 Å². The van der Waals surface area contributed by atoms with E-state index < -0.39 is 5.41 Å². The summed E-state index contributed by atoms with van der Waals surface area (Å²) in [5.41, 5.74) is 0.206. The van der Waals surface area contributed by atoms with Gasteiger partial charge in [0.1, 0.15) is 17.3 Å². The Bertz CT molecular complexity index is 1010. The summed E-state index contributed by atoms with van der Waals surface area (Å²) in [7, 11) is 0. The zero-order chi connectivity index (χ0) is 24.3. The summed E-state index contributed by atoms with van der Waals surface area (Å²) in [5, 5.41) is 0. The predicted molar refractivity (Wildman–Crippen MR) is 130 cm³/mol. The number of rotatable bonds is 5. The zero-order valence-corrected chi connectivity index (χ0v) is 20.8. The first-order chi connectivity index (χ1) is 16.2. The molecule has 4 aliphatic rings. The molecule has 0 N–H and O–H groups in total. The van der Waals surface area contributed by atoms with E-state index in [0.717, 1.165) is 31.2 Å². The number of Topliss-reactive ketones (excluding diaryl/α,β-unsaturated/α-hetero) is 4. The molecule has 8 atom stereocenters. The van der Waals surface area contributed by atoms with Crippen molar-refractivity contribution in [3.63, 3.8) is 0 Å². The summed E-state index contributed by atoms with van der Waals surface area (Å²) in [6, 6.07) is 9.44. The van der Waals surface area contributed by atoms with Crippen LogP contribution in [-0.4, -0.2) is 23.1 Å². The maximum Gasteiger partial charge on any atom is 0.162 e. The minimum absolute atomic E-state index is 0.0414. The number of ketones is 4. The van der Waals surface area contributed by atoms with Gasteiger partial charge < -0.3 is 0 Å². The van der Waals surface area contributed by atoms with Crippen LogP contribution in [0.5, 0.6) is 0 Å². The lowest BCUT2D eigenvalue weighted by atomic mass is 9.44. The van der Waals surface area contributed by atoms with Crippen LogP contribution in [0.15, 0.2) is 30.3 Å². The van der Waals surface area contributed by atoms with E-state index >= 15 is 0 Å². The van der Waals surface area contributed by atoms with Gasteiger partial charge >= 0.3 is 0 Å². The molecule has 5 rings (SSSR count). The Morgan fingerprint density at radius 3 is 2.47 bits per heavy atom. The van der Waals surface area contributed by atoms with Crippen molar-refractivity contribution in [2.45, 2.75) is 78.6 Å². The van der Waals surface area contributed by atoms with Gasteiger partial charge in [-0.25, -0.2) is 0 Å². The molecule has 34 heavy (non-hydrogen) atoms. The van der Waals surface area contributed by atoms with Crippen LogP contribution >= 0.6 is 0 Å². The number of fused-ring (bicyclic) bond motifs is 5. The monoisotopic (exact) mass is 462 g/mol. The summed E-state index contributed by atoms with van der Waals surface area (Å²) < 4.78 is 0. The van der Waals surface area contributed by atoms with Gasteiger partial charge in [0, 0.05) is 49.0 Å². The van der Waals surface area contributed by atoms with Crippen LogP contribution in [0.1, 0.15) is 88.9 Å². The highest BCUT2D eigenvalue weighted by molar-refractivity contribution is 5.96. The molecule has 0 aliphatic heterocycles. The van der Waals surface area contributed by atoms with Crippen molar-refractivity contribution in [2.24, 2.45) is 46.3 Å². The summed E-state index contributed by atoms with van der Waals surface area (Å²) in [4.78, 5) is 52.2. The van der Waals surface area contributed by atoms with Gasteiger partial charge in [-0.15, -0.1) is 0 Å². The van der Waals surface area contributed by atoms with E-state index in [0.29, 0.717) is 43.7 Å². The van der Waals surface area contributed by atoms with Crippen molar-refractivity contribution < 1.29 is 19.2 Å². The quantitative estimate of drug-likeness (QED) is 0.513. The highest BCUT2D eigenvalue weighted by Gasteiger charge is 2.66. The van der Waals surface area contributed by atoms with Crippen LogP contribution in [-0.2, 0) is 14.4 Å². The van der Waals surface area contributed by atoms with Crippen molar-refractivity contribution in [2.75, 3.05) is 0 Å². The molecule has 0 aromatic heterocycles. The van der Waals surface area contributed by atoms with Crippen LogP contribution in [0.3, 0.4) is 0 Å². The first-order valence-electron chi connectivity index (χ1n) is 13.3. The Morgan fingerprint density at radius 1 is 1.00 bits per heavy atom. The Kier molecular flexibility index (Phi) is 5.93. The van der Waals surface area contributed by atoms with Crippen LogP contribution in [0.4, 0.5) is 0 Å². The summed E-state index contributed by atoms with van der Waals surface area (Å²) in [6.07, 6.45) is 6.08. The number of carbonyl (C=O) groups is 4. The van der Waals surface area contributed by atoms with Crippen molar-refractivity contribution in [3.05, 3.63) is 35.9 Å². The van der Waals surface area contributed by atoms with Crippen LogP contribution in [0, 0.1) is 46.3 Å². The van der Waals surface area contributed by atoms with E-state index in [2.05, 4.69) is 20.8 Å². The van der Waals surface area contributed by atoms with E-state index in [1.165, 1.54) is 0 Å². The third-order valence-corrected chi connectivity index (χ3v) is 10.8. The molecule has 0 bridgehead atoms. The lowest BCUT2D eigenvalue weighted by Gasteiger charge is -2.58. The second kappa shape index (κ2) is 8.53. The molecule has 1 unspecified atom stereocenters. The van der Waals surface area contributed by atoms with E-state index in [-0.39, 0.29) is 52.5 Å². The largest absolute Gasteiger partial charge is 0.300 e. The van der Waals surface area contributed by atoms with Crippen LogP contribution in [0.2, 0.25) is 0 Å². The summed E-state index contributed by atoms with van der Waals surface area (Å²) in [5.74, 6) is 1.83.